The third kappa shape index (κ3) is 3.62. The van der Waals surface area contributed by atoms with Gasteiger partial charge in [0, 0.05) is 16.6 Å². The fraction of sp³-hybridized carbons (Fsp3) is 0.167. The number of anilines is 1. The molecule has 7 heteroatoms. The van der Waals surface area contributed by atoms with Crippen LogP contribution in [0, 0.1) is 6.92 Å². The van der Waals surface area contributed by atoms with Crippen LogP contribution in [0.2, 0.25) is 0 Å². The third-order valence-corrected chi connectivity index (χ3v) is 5.78. The first-order chi connectivity index (χ1) is 11.9. The van der Waals surface area contributed by atoms with E-state index in [2.05, 4.69) is 26.2 Å². The van der Waals surface area contributed by atoms with Crippen LogP contribution in [0.25, 0.3) is 11.5 Å². The summed E-state index contributed by atoms with van der Waals surface area (Å²) in [6.07, 6.45) is 0. The number of rotatable bonds is 5. The lowest BCUT2D eigenvalue weighted by Crippen LogP contribution is -2.07. The molecule has 0 fully saturated rings. The molecule has 0 aliphatic rings. The zero-order valence-corrected chi connectivity index (χ0v) is 16.2. The van der Waals surface area contributed by atoms with E-state index in [1.165, 1.54) is 12.1 Å². The summed E-state index contributed by atoms with van der Waals surface area (Å²) < 4.78 is 32.5. The molecule has 0 saturated heterocycles. The van der Waals surface area contributed by atoms with Gasteiger partial charge in [0.25, 0.3) is 0 Å². The summed E-state index contributed by atoms with van der Waals surface area (Å²) in [6, 6.07) is 14.0. The van der Waals surface area contributed by atoms with E-state index in [0.717, 1.165) is 15.6 Å². The predicted octanol–water partition coefficient (Wildman–Crippen LogP) is 4.68. The summed E-state index contributed by atoms with van der Waals surface area (Å²) in [4.78, 5) is 4.45. The highest BCUT2D eigenvalue weighted by Gasteiger charge is 2.28. The molecular weight excluding hydrogens is 404 g/mol. The number of hydrogen-bond acceptors (Lipinski definition) is 5. The Morgan fingerprint density at radius 3 is 2.52 bits per heavy atom. The molecule has 3 aromatic rings. The Morgan fingerprint density at radius 1 is 1.16 bits per heavy atom. The molecule has 0 unspecified atom stereocenters. The minimum absolute atomic E-state index is 0.104. The van der Waals surface area contributed by atoms with Gasteiger partial charge >= 0.3 is 0 Å². The highest BCUT2D eigenvalue weighted by atomic mass is 79.9. The van der Waals surface area contributed by atoms with Crippen LogP contribution in [0.5, 0.6) is 0 Å². The van der Waals surface area contributed by atoms with Gasteiger partial charge in [-0.2, -0.15) is 4.98 Å². The molecular formula is C18H17BrN2O3S. The van der Waals surface area contributed by atoms with Crippen LogP contribution >= 0.6 is 15.9 Å². The van der Waals surface area contributed by atoms with Gasteiger partial charge in [0.2, 0.25) is 26.6 Å². The van der Waals surface area contributed by atoms with Crippen molar-refractivity contribution in [3.8, 4) is 11.5 Å². The number of sulfone groups is 1. The van der Waals surface area contributed by atoms with Gasteiger partial charge in [-0.05, 0) is 50.2 Å². The first-order valence-electron chi connectivity index (χ1n) is 7.74. The molecule has 2 aromatic carbocycles. The maximum atomic E-state index is 13.0. The topological polar surface area (TPSA) is 72.2 Å². The maximum Gasteiger partial charge on any atom is 0.233 e. The highest BCUT2D eigenvalue weighted by Crippen LogP contribution is 2.32. The molecule has 1 heterocycles. The second-order valence-corrected chi connectivity index (χ2v) is 8.29. The van der Waals surface area contributed by atoms with Gasteiger partial charge in [-0.1, -0.05) is 33.6 Å². The van der Waals surface area contributed by atoms with E-state index in [9.17, 15) is 8.42 Å². The van der Waals surface area contributed by atoms with Crippen LogP contribution in [0.4, 0.5) is 5.88 Å². The Labute approximate surface area is 155 Å². The van der Waals surface area contributed by atoms with Crippen molar-refractivity contribution in [3.05, 3.63) is 58.6 Å². The lowest BCUT2D eigenvalue weighted by atomic mass is 10.1. The first kappa shape index (κ1) is 17.7. The normalized spacial score (nSPS) is 11.5. The molecule has 1 aromatic heterocycles. The SMILES string of the molecule is CCNc1oc(-c2cccc(C)c2)nc1S(=O)(=O)c1ccc(Br)cc1. The van der Waals surface area contributed by atoms with Gasteiger partial charge in [0.05, 0.1) is 4.90 Å². The van der Waals surface area contributed by atoms with Crippen molar-refractivity contribution in [1.29, 1.82) is 0 Å². The van der Waals surface area contributed by atoms with E-state index in [4.69, 9.17) is 4.42 Å². The van der Waals surface area contributed by atoms with Gasteiger partial charge in [0.1, 0.15) is 0 Å². The number of nitrogens with zero attached hydrogens (tertiary/aromatic N) is 1. The second-order valence-electron chi connectivity index (χ2n) is 5.51. The Kier molecular flexibility index (Phi) is 4.96. The average molecular weight is 421 g/mol. The van der Waals surface area contributed by atoms with Gasteiger partial charge in [-0.15, -0.1) is 0 Å². The molecule has 0 atom stereocenters. The number of aryl methyl sites for hydroxylation is 1. The Hall–Kier alpha value is -2.12. The fourth-order valence-electron chi connectivity index (χ4n) is 2.39. The van der Waals surface area contributed by atoms with Crippen molar-refractivity contribution >= 4 is 31.7 Å². The summed E-state index contributed by atoms with van der Waals surface area (Å²) in [5.41, 5.74) is 1.77. The van der Waals surface area contributed by atoms with Crippen LogP contribution in [0.15, 0.2) is 67.3 Å². The summed E-state index contributed by atoms with van der Waals surface area (Å²) in [6.45, 7) is 4.34. The summed E-state index contributed by atoms with van der Waals surface area (Å²) in [5.74, 6) is 0.428. The molecule has 1 N–H and O–H groups in total. The quantitative estimate of drug-likeness (QED) is 0.648. The Balaban J connectivity index is 2.13. The predicted molar refractivity (Wildman–Crippen MR) is 100 cm³/mol. The van der Waals surface area contributed by atoms with E-state index in [1.54, 1.807) is 12.1 Å². The smallest absolute Gasteiger partial charge is 0.233 e. The van der Waals surface area contributed by atoms with Crippen molar-refractivity contribution in [2.75, 3.05) is 11.9 Å². The third-order valence-electron chi connectivity index (χ3n) is 3.58. The van der Waals surface area contributed by atoms with Crippen molar-refractivity contribution in [2.45, 2.75) is 23.8 Å². The first-order valence-corrected chi connectivity index (χ1v) is 10.0. The highest BCUT2D eigenvalue weighted by molar-refractivity contribution is 9.10. The number of halogens is 1. The molecule has 0 saturated carbocycles. The molecule has 5 nitrogen and oxygen atoms in total. The van der Waals surface area contributed by atoms with E-state index in [-0.39, 0.29) is 21.7 Å². The molecule has 3 rings (SSSR count). The Bertz CT molecular complexity index is 995. The molecule has 130 valence electrons. The van der Waals surface area contributed by atoms with Crippen LogP contribution in [0.3, 0.4) is 0 Å². The minimum Gasteiger partial charge on any atom is -0.419 e. The van der Waals surface area contributed by atoms with Gasteiger partial charge in [0.15, 0.2) is 0 Å². The molecule has 0 aliphatic heterocycles. The molecule has 0 radical (unpaired) electrons. The van der Waals surface area contributed by atoms with Crippen LogP contribution in [-0.4, -0.2) is 19.9 Å². The lowest BCUT2D eigenvalue weighted by molar-refractivity contribution is 0.578. The summed E-state index contributed by atoms with van der Waals surface area (Å²) in [7, 11) is -3.79. The average Bonchev–Trinajstić information content (AvgIpc) is 3.00. The minimum atomic E-state index is -3.79. The lowest BCUT2D eigenvalue weighted by Gasteiger charge is -2.04. The number of aromatic nitrogens is 1. The van der Waals surface area contributed by atoms with Crippen molar-refractivity contribution in [1.82, 2.24) is 4.98 Å². The second kappa shape index (κ2) is 7.01. The number of nitrogens with one attached hydrogen (secondary N) is 1. The standard InChI is InChI=1S/C18H17BrN2O3S/c1-3-20-17-18(25(22,23)15-9-7-14(19)8-10-15)21-16(24-17)13-6-4-5-12(2)11-13/h4-11,20H,3H2,1-2H3. The van der Waals surface area contributed by atoms with E-state index < -0.39 is 9.84 Å². The largest absolute Gasteiger partial charge is 0.419 e. The fourth-order valence-corrected chi connectivity index (χ4v) is 3.93. The van der Waals surface area contributed by atoms with Crippen molar-refractivity contribution in [2.24, 2.45) is 0 Å². The van der Waals surface area contributed by atoms with Gasteiger partial charge in [-0.25, -0.2) is 8.42 Å². The molecule has 0 amide bonds. The Morgan fingerprint density at radius 2 is 1.88 bits per heavy atom. The summed E-state index contributed by atoms with van der Waals surface area (Å²) in [5, 5.41) is 2.85. The molecule has 0 spiro atoms. The van der Waals surface area contributed by atoms with Crippen molar-refractivity contribution in [3.63, 3.8) is 0 Å². The molecule has 25 heavy (non-hydrogen) atoms. The van der Waals surface area contributed by atoms with Gasteiger partial charge < -0.3 is 9.73 Å². The number of oxazole rings is 1. The summed E-state index contributed by atoms with van der Waals surface area (Å²) >= 11 is 3.31. The van der Waals surface area contributed by atoms with E-state index in [1.807, 2.05) is 38.1 Å². The van der Waals surface area contributed by atoms with Crippen LogP contribution in [0.1, 0.15) is 12.5 Å². The molecule has 0 aliphatic carbocycles. The molecule has 0 bridgehead atoms. The number of hydrogen-bond donors (Lipinski definition) is 1. The maximum absolute atomic E-state index is 13.0. The monoisotopic (exact) mass is 420 g/mol. The van der Waals surface area contributed by atoms with Crippen molar-refractivity contribution < 1.29 is 12.8 Å². The van der Waals surface area contributed by atoms with Crippen LogP contribution in [-0.2, 0) is 9.84 Å². The zero-order valence-electron chi connectivity index (χ0n) is 13.8. The van der Waals surface area contributed by atoms with Crippen LogP contribution < -0.4 is 5.32 Å². The van der Waals surface area contributed by atoms with E-state index >= 15 is 0 Å². The number of benzene rings is 2. The van der Waals surface area contributed by atoms with E-state index in [0.29, 0.717) is 6.54 Å². The zero-order chi connectivity index (χ0) is 18.0. The van der Waals surface area contributed by atoms with Gasteiger partial charge in [-0.3, -0.25) is 0 Å².